The molecule has 0 spiro atoms. The molecular weight excluding hydrogens is 254 g/mol. The van der Waals surface area contributed by atoms with E-state index >= 15 is 0 Å². The second kappa shape index (κ2) is 4.18. The fraction of sp³-hybridized carbons (Fsp3) is 0.267. The van der Waals surface area contributed by atoms with E-state index in [1.54, 1.807) is 0 Å². The van der Waals surface area contributed by atoms with E-state index in [2.05, 4.69) is 47.7 Å². The monoisotopic (exact) mass is 269 g/mol. The van der Waals surface area contributed by atoms with Crippen LogP contribution >= 0.6 is 11.3 Å². The molecule has 3 nitrogen and oxygen atoms in total. The van der Waals surface area contributed by atoms with Crippen molar-refractivity contribution in [1.29, 1.82) is 0 Å². The zero-order valence-electron chi connectivity index (χ0n) is 10.7. The first-order chi connectivity index (χ1) is 9.33. The first-order valence-corrected chi connectivity index (χ1v) is 7.39. The average molecular weight is 269 g/mol. The Morgan fingerprint density at radius 2 is 2.11 bits per heavy atom. The van der Waals surface area contributed by atoms with Crippen LogP contribution in [0.2, 0.25) is 0 Å². The first kappa shape index (κ1) is 11.2. The normalized spacial score (nSPS) is 15.8. The number of nitrogens with one attached hydrogen (secondary N) is 2. The minimum Gasteiger partial charge on any atom is -0.360 e. The van der Waals surface area contributed by atoms with Crippen molar-refractivity contribution < 1.29 is 0 Å². The molecule has 3 heterocycles. The van der Waals surface area contributed by atoms with Crippen LogP contribution in [0.25, 0.3) is 21.5 Å². The Labute approximate surface area is 115 Å². The molecule has 1 aliphatic rings. The summed E-state index contributed by atoms with van der Waals surface area (Å²) in [6, 6.07) is 8.40. The third-order valence-electron chi connectivity index (χ3n) is 3.80. The largest absolute Gasteiger partial charge is 0.360 e. The van der Waals surface area contributed by atoms with Gasteiger partial charge in [0, 0.05) is 46.5 Å². The number of nitrogens with zero attached hydrogens (tertiary/aromatic N) is 1. The number of thiazole rings is 1. The van der Waals surface area contributed by atoms with E-state index in [0.717, 1.165) is 18.1 Å². The zero-order valence-corrected chi connectivity index (χ0v) is 11.6. The number of hydrogen-bond donors (Lipinski definition) is 2. The van der Waals surface area contributed by atoms with Crippen LogP contribution in [-0.4, -0.2) is 23.1 Å². The predicted molar refractivity (Wildman–Crippen MR) is 79.8 cm³/mol. The number of rotatable bonds is 2. The number of benzene rings is 1. The van der Waals surface area contributed by atoms with Gasteiger partial charge in [0.1, 0.15) is 5.01 Å². The molecule has 1 aromatic carbocycles. The number of para-hydroxylation sites is 1. The van der Waals surface area contributed by atoms with Gasteiger partial charge in [-0.25, -0.2) is 4.98 Å². The highest BCUT2D eigenvalue weighted by Crippen LogP contribution is 2.37. The van der Waals surface area contributed by atoms with Crippen molar-refractivity contribution in [2.24, 2.45) is 0 Å². The van der Waals surface area contributed by atoms with E-state index in [4.69, 9.17) is 4.98 Å². The van der Waals surface area contributed by atoms with Crippen molar-refractivity contribution in [2.45, 2.75) is 12.8 Å². The van der Waals surface area contributed by atoms with E-state index < -0.39 is 0 Å². The Morgan fingerprint density at radius 1 is 1.26 bits per heavy atom. The number of aromatic amines is 1. The number of H-pyrrole nitrogens is 1. The van der Waals surface area contributed by atoms with E-state index in [0.29, 0.717) is 5.92 Å². The van der Waals surface area contributed by atoms with Crippen molar-refractivity contribution >= 4 is 22.2 Å². The third-order valence-corrected chi connectivity index (χ3v) is 5.16. The molecule has 0 amide bonds. The Balaban J connectivity index is 1.83. The van der Waals surface area contributed by atoms with Crippen LogP contribution in [0.3, 0.4) is 0 Å². The summed E-state index contributed by atoms with van der Waals surface area (Å²) in [5.74, 6) is 0.663. The molecule has 19 heavy (non-hydrogen) atoms. The molecule has 0 radical (unpaired) electrons. The van der Waals surface area contributed by atoms with Gasteiger partial charge >= 0.3 is 0 Å². The van der Waals surface area contributed by atoms with Gasteiger partial charge in [0.25, 0.3) is 0 Å². The van der Waals surface area contributed by atoms with Crippen LogP contribution in [0.4, 0.5) is 0 Å². The van der Waals surface area contributed by atoms with Crippen LogP contribution in [-0.2, 0) is 0 Å². The summed E-state index contributed by atoms with van der Waals surface area (Å²) in [6.45, 7) is 4.31. The highest BCUT2D eigenvalue weighted by molar-refractivity contribution is 7.15. The van der Waals surface area contributed by atoms with Gasteiger partial charge in [0.05, 0.1) is 5.69 Å². The summed E-state index contributed by atoms with van der Waals surface area (Å²) in [6.07, 6.45) is 2.08. The van der Waals surface area contributed by atoms with E-state index in [1.165, 1.54) is 27.0 Å². The maximum atomic E-state index is 4.78. The zero-order chi connectivity index (χ0) is 12.8. The standard InChI is InChI=1S/C15H15N3S/c1-9-14(10-6-16-7-10)19-15(18-9)12-8-17-13-5-3-2-4-11(12)13/h2-5,8,10,16-17H,6-7H2,1H3. The average Bonchev–Trinajstić information content (AvgIpc) is 2.92. The molecule has 0 saturated carbocycles. The minimum atomic E-state index is 0.663. The summed E-state index contributed by atoms with van der Waals surface area (Å²) in [5.41, 5.74) is 3.59. The van der Waals surface area contributed by atoms with Gasteiger partial charge in [-0.15, -0.1) is 11.3 Å². The van der Waals surface area contributed by atoms with Gasteiger partial charge in [-0.3, -0.25) is 0 Å². The second-order valence-corrected chi connectivity index (χ2v) is 6.10. The van der Waals surface area contributed by atoms with Crippen molar-refractivity contribution in [3.05, 3.63) is 41.0 Å². The van der Waals surface area contributed by atoms with Gasteiger partial charge in [-0.05, 0) is 13.0 Å². The second-order valence-electron chi connectivity index (χ2n) is 5.07. The maximum absolute atomic E-state index is 4.78. The lowest BCUT2D eigenvalue weighted by Gasteiger charge is -2.26. The van der Waals surface area contributed by atoms with Crippen molar-refractivity contribution in [2.75, 3.05) is 13.1 Å². The van der Waals surface area contributed by atoms with Gasteiger partial charge < -0.3 is 10.3 Å². The van der Waals surface area contributed by atoms with Crippen LogP contribution in [0.15, 0.2) is 30.5 Å². The van der Waals surface area contributed by atoms with Crippen LogP contribution in [0, 0.1) is 6.92 Å². The Bertz CT molecular complexity index is 737. The van der Waals surface area contributed by atoms with Crippen LogP contribution in [0.5, 0.6) is 0 Å². The molecule has 0 bridgehead atoms. The summed E-state index contributed by atoms with van der Waals surface area (Å²) in [7, 11) is 0. The molecule has 2 N–H and O–H groups in total. The molecule has 1 aliphatic heterocycles. The van der Waals surface area contributed by atoms with Gasteiger partial charge in [0.15, 0.2) is 0 Å². The third kappa shape index (κ3) is 1.71. The highest BCUT2D eigenvalue weighted by atomic mass is 32.1. The van der Waals surface area contributed by atoms with Gasteiger partial charge in [-0.2, -0.15) is 0 Å². The van der Waals surface area contributed by atoms with E-state index in [9.17, 15) is 0 Å². The lowest BCUT2D eigenvalue weighted by atomic mass is 10.0. The maximum Gasteiger partial charge on any atom is 0.126 e. The van der Waals surface area contributed by atoms with E-state index in [1.807, 2.05) is 11.3 Å². The molecule has 4 rings (SSSR count). The molecule has 0 unspecified atom stereocenters. The van der Waals surface area contributed by atoms with Crippen molar-refractivity contribution in [3.63, 3.8) is 0 Å². The number of hydrogen-bond acceptors (Lipinski definition) is 3. The van der Waals surface area contributed by atoms with Crippen molar-refractivity contribution in [1.82, 2.24) is 15.3 Å². The first-order valence-electron chi connectivity index (χ1n) is 6.57. The summed E-state index contributed by atoms with van der Waals surface area (Å²) in [5, 5.41) is 5.73. The van der Waals surface area contributed by atoms with Crippen LogP contribution in [0.1, 0.15) is 16.5 Å². The topological polar surface area (TPSA) is 40.7 Å². The number of aryl methyl sites for hydroxylation is 1. The highest BCUT2D eigenvalue weighted by Gasteiger charge is 2.24. The lowest BCUT2D eigenvalue weighted by Crippen LogP contribution is -2.39. The fourth-order valence-corrected chi connectivity index (χ4v) is 3.82. The van der Waals surface area contributed by atoms with Gasteiger partial charge in [-0.1, -0.05) is 18.2 Å². The molecule has 0 aliphatic carbocycles. The summed E-state index contributed by atoms with van der Waals surface area (Å²) >= 11 is 1.84. The molecule has 1 fully saturated rings. The predicted octanol–water partition coefficient (Wildman–Crippen LogP) is 3.29. The molecule has 4 heteroatoms. The minimum absolute atomic E-state index is 0.663. The molecule has 1 saturated heterocycles. The smallest absolute Gasteiger partial charge is 0.126 e. The van der Waals surface area contributed by atoms with Crippen molar-refractivity contribution in [3.8, 4) is 10.6 Å². The molecule has 3 aromatic rings. The lowest BCUT2D eigenvalue weighted by molar-refractivity contribution is 0.452. The summed E-state index contributed by atoms with van der Waals surface area (Å²) in [4.78, 5) is 9.55. The van der Waals surface area contributed by atoms with E-state index in [-0.39, 0.29) is 0 Å². The summed E-state index contributed by atoms with van der Waals surface area (Å²) < 4.78 is 0. The SMILES string of the molecule is Cc1nc(-c2c[nH]c3ccccc23)sc1C1CNC1. The van der Waals surface area contributed by atoms with Gasteiger partial charge in [0.2, 0.25) is 0 Å². The molecular formula is C15H15N3S. The molecule has 0 atom stereocenters. The number of aromatic nitrogens is 2. The Kier molecular flexibility index (Phi) is 2.47. The fourth-order valence-electron chi connectivity index (χ4n) is 2.62. The van der Waals surface area contributed by atoms with Crippen LogP contribution < -0.4 is 5.32 Å². The quantitative estimate of drug-likeness (QED) is 0.749. The molecule has 2 aromatic heterocycles. The molecule has 96 valence electrons. The Hall–Kier alpha value is -1.65. The Morgan fingerprint density at radius 3 is 2.89 bits per heavy atom. The number of fused-ring (bicyclic) bond motifs is 1.